The Morgan fingerprint density at radius 2 is 2.18 bits per heavy atom. The first-order chi connectivity index (χ1) is 5.11. The van der Waals surface area contributed by atoms with Gasteiger partial charge in [-0.3, -0.25) is 4.79 Å². The average molecular weight is 326 g/mol. The van der Waals surface area contributed by atoms with Crippen LogP contribution in [0, 0.1) is 3.57 Å². The highest BCUT2D eigenvalue weighted by molar-refractivity contribution is 14.1. The summed E-state index contributed by atoms with van der Waals surface area (Å²) < 4.78 is 1.74. The molecule has 2 N–H and O–H groups in total. The van der Waals surface area contributed by atoms with Gasteiger partial charge in [0, 0.05) is 8.04 Å². The van der Waals surface area contributed by atoms with E-state index >= 15 is 0 Å². The van der Waals surface area contributed by atoms with Gasteiger partial charge in [0.25, 0.3) is 0 Å². The topological polar surface area (TPSA) is 43.1 Å². The van der Waals surface area contributed by atoms with Crippen molar-refractivity contribution in [2.75, 3.05) is 0 Å². The molecule has 4 heteroatoms. The summed E-state index contributed by atoms with van der Waals surface area (Å²) in [6.07, 6.45) is 0. The Bertz CT molecular complexity index is 300. The molecule has 2 nitrogen and oxygen atoms in total. The Hall–Kier alpha value is -0.100. The van der Waals surface area contributed by atoms with Gasteiger partial charge in [0.2, 0.25) is 5.91 Å². The van der Waals surface area contributed by atoms with Gasteiger partial charge in [-0.2, -0.15) is 0 Å². The zero-order valence-corrected chi connectivity index (χ0v) is 9.22. The summed E-state index contributed by atoms with van der Waals surface area (Å²) in [5.41, 5.74) is 5.64. The SMILES string of the molecule is NC(=O)c1cc(I)ccc1Br. The summed E-state index contributed by atoms with van der Waals surface area (Å²) in [5.74, 6) is -0.407. The lowest BCUT2D eigenvalue weighted by atomic mass is 10.2. The Balaban J connectivity index is 3.23. The van der Waals surface area contributed by atoms with Crippen molar-refractivity contribution in [3.63, 3.8) is 0 Å². The van der Waals surface area contributed by atoms with E-state index in [1.807, 2.05) is 12.1 Å². The van der Waals surface area contributed by atoms with E-state index in [1.54, 1.807) is 6.07 Å². The molecule has 11 heavy (non-hydrogen) atoms. The molecule has 1 aromatic rings. The molecule has 0 heterocycles. The molecule has 0 fully saturated rings. The third kappa shape index (κ3) is 2.16. The van der Waals surface area contributed by atoms with E-state index in [2.05, 4.69) is 38.5 Å². The lowest BCUT2D eigenvalue weighted by Gasteiger charge is -1.98. The summed E-state index contributed by atoms with van der Waals surface area (Å²) >= 11 is 5.35. The van der Waals surface area contributed by atoms with Crippen LogP contribution in [0.1, 0.15) is 10.4 Å². The summed E-state index contributed by atoms with van der Waals surface area (Å²) in [6, 6.07) is 5.45. The first-order valence-corrected chi connectivity index (χ1v) is 4.73. The van der Waals surface area contributed by atoms with E-state index in [-0.39, 0.29) is 0 Å². The number of benzene rings is 1. The Morgan fingerprint density at radius 1 is 1.55 bits per heavy atom. The van der Waals surface area contributed by atoms with Crippen LogP contribution in [0.5, 0.6) is 0 Å². The maximum absolute atomic E-state index is 10.8. The predicted octanol–water partition coefficient (Wildman–Crippen LogP) is 2.15. The van der Waals surface area contributed by atoms with Crippen molar-refractivity contribution >= 4 is 44.4 Å². The minimum Gasteiger partial charge on any atom is -0.366 e. The third-order valence-electron chi connectivity index (χ3n) is 1.19. The molecule has 1 rings (SSSR count). The van der Waals surface area contributed by atoms with Crippen molar-refractivity contribution in [1.82, 2.24) is 0 Å². The predicted molar refractivity (Wildman–Crippen MR) is 55.4 cm³/mol. The number of hydrogen-bond acceptors (Lipinski definition) is 1. The van der Waals surface area contributed by atoms with Crippen molar-refractivity contribution in [1.29, 1.82) is 0 Å². The first kappa shape index (κ1) is 8.99. The molecule has 0 bridgehead atoms. The quantitative estimate of drug-likeness (QED) is 0.790. The van der Waals surface area contributed by atoms with Crippen LogP contribution in [-0.2, 0) is 0 Å². The average Bonchev–Trinajstić information content (AvgIpc) is 1.94. The molecule has 0 saturated carbocycles. The number of amides is 1. The van der Waals surface area contributed by atoms with E-state index in [0.29, 0.717) is 5.56 Å². The fourth-order valence-electron chi connectivity index (χ4n) is 0.686. The number of primary amides is 1. The highest BCUT2D eigenvalue weighted by atomic mass is 127. The summed E-state index contributed by atoms with van der Waals surface area (Å²) in [5, 5.41) is 0. The van der Waals surface area contributed by atoms with Gasteiger partial charge in [0.1, 0.15) is 0 Å². The second-order valence-corrected chi connectivity index (χ2v) is 4.09. The van der Waals surface area contributed by atoms with Gasteiger partial charge in [-0.1, -0.05) is 0 Å². The smallest absolute Gasteiger partial charge is 0.249 e. The van der Waals surface area contributed by atoms with Gasteiger partial charge in [-0.05, 0) is 56.7 Å². The van der Waals surface area contributed by atoms with Crippen molar-refractivity contribution in [2.24, 2.45) is 5.73 Å². The van der Waals surface area contributed by atoms with Gasteiger partial charge in [0.05, 0.1) is 5.56 Å². The number of halogens is 2. The lowest BCUT2D eigenvalue weighted by Crippen LogP contribution is -2.11. The number of hydrogen-bond donors (Lipinski definition) is 1. The number of carbonyl (C=O) groups is 1. The van der Waals surface area contributed by atoms with Gasteiger partial charge < -0.3 is 5.73 Å². The molecule has 0 radical (unpaired) electrons. The minimum absolute atomic E-state index is 0.407. The fourth-order valence-corrected chi connectivity index (χ4v) is 1.62. The molecule has 0 saturated heterocycles. The van der Waals surface area contributed by atoms with Crippen LogP contribution >= 0.6 is 38.5 Å². The summed E-state index contributed by atoms with van der Waals surface area (Å²) in [4.78, 5) is 10.8. The molecule has 1 aromatic carbocycles. The van der Waals surface area contributed by atoms with Crippen molar-refractivity contribution < 1.29 is 4.79 Å². The summed E-state index contributed by atoms with van der Waals surface area (Å²) in [6.45, 7) is 0. The van der Waals surface area contributed by atoms with E-state index in [4.69, 9.17) is 5.73 Å². The normalized spacial score (nSPS) is 9.64. The Morgan fingerprint density at radius 3 is 2.64 bits per heavy atom. The van der Waals surface area contributed by atoms with E-state index in [9.17, 15) is 4.79 Å². The number of nitrogens with two attached hydrogens (primary N) is 1. The third-order valence-corrected chi connectivity index (χ3v) is 2.56. The first-order valence-electron chi connectivity index (χ1n) is 2.86. The minimum atomic E-state index is -0.407. The fraction of sp³-hybridized carbons (Fsp3) is 0. The molecule has 0 atom stereocenters. The monoisotopic (exact) mass is 325 g/mol. The van der Waals surface area contributed by atoms with Crippen LogP contribution in [0.2, 0.25) is 0 Å². The standard InChI is InChI=1S/C7H5BrINO/c8-6-2-1-4(9)3-5(6)7(10)11/h1-3H,(H2,10,11). The van der Waals surface area contributed by atoms with Crippen LogP contribution in [0.25, 0.3) is 0 Å². The van der Waals surface area contributed by atoms with E-state index in [1.165, 1.54) is 0 Å². The molecule has 0 aliphatic rings. The van der Waals surface area contributed by atoms with Crippen molar-refractivity contribution in [3.8, 4) is 0 Å². The second kappa shape index (κ2) is 3.53. The molecule has 0 aliphatic carbocycles. The van der Waals surface area contributed by atoms with Crippen LogP contribution < -0.4 is 5.73 Å². The van der Waals surface area contributed by atoms with Crippen LogP contribution in [0.3, 0.4) is 0 Å². The van der Waals surface area contributed by atoms with Gasteiger partial charge >= 0.3 is 0 Å². The van der Waals surface area contributed by atoms with Gasteiger partial charge in [-0.15, -0.1) is 0 Å². The van der Waals surface area contributed by atoms with E-state index < -0.39 is 5.91 Å². The van der Waals surface area contributed by atoms with Gasteiger partial charge in [-0.25, -0.2) is 0 Å². The van der Waals surface area contributed by atoms with Gasteiger partial charge in [0.15, 0.2) is 0 Å². The molecule has 0 aromatic heterocycles. The maximum Gasteiger partial charge on any atom is 0.249 e. The highest BCUT2D eigenvalue weighted by Crippen LogP contribution is 2.18. The molecule has 1 amide bonds. The van der Waals surface area contributed by atoms with Crippen LogP contribution in [0.15, 0.2) is 22.7 Å². The number of rotatable bonds is 1. The highest BCUT2D eigenvalue weighted by Gasteiger charge is 2.04. The number of carbonyl (C=O) groups excluding carboxylic acids is 1. The molecular formula is C7H5BrINO. The molecule has 0 aliphatic heterocycles. The van der Waals surface area contributed by atoms with E-state index in [0.717, 1.165) is 8.04 Å². The van der Waals surface area contributed by atoms with Crippen LogP contribution in [-0.4, -0.2) is 5.91 Å². The second-order valence-electron chi connectivity index (χ2n) is 1.99. The zero-order valence-electron chi connectivity index (χ0n) is 5.47. The van der Waals surface area contributed by atoms with Crippen molar-refractivity contribution in [3.05, 3.63) is 31.8 Å². The largest absolute Gasteiger partial charge is 0.366 e. The van der Waals surface area contributed by atoms with Crippen LogP contribution in [0.4, 0.5) is 0 Å². The lowest BCUT2D eigenvalue weighted by molar-refractivity contribution is 0.0999. The maximum atomic E-state index is 10.8. The molecular weight excluding hydrogens is 321 g/mol. The molecule has 0 spiro atoms. The summed E-state index contributed by atoms with van der Waals surface area (Å²) in [7, 11) is 0. The Labute approximate surface area is 86.4 Å². The van der Waals surface area contributed by atoms with Crippen molar-refractivity contribution in [2.45, 2.75) is 0 Å². The zero-order chi connectivity index (χ0) is 8.43. The molecule has 0 unspecified atom stereocenters. The Kier molecular flexibility index (Phi) is 2.89. The molecule has 58 valence electrons.